The molecule has 2 heteroatoms. The highest BCUT2D eigenvalue weighted by Gasteiger charge is 1.96. The van der Waals surface area contributed by atoms with Gasteiger partial charge in [-0.15, -0.1) is 0 Å². The quantitative estimate of drug-likeness (QED) is 0.469. The summed E-state index contributed by atoms with van der Waals surface area (Å²) in [4.78, 5) is 2.21. The monoisotopic (exact) mass is 147 g/mol. The molecule has 0 radical (unpaired) electrons. The smallest absolute Gasteiger partial charge is 0.0411 e. The second-order valence-corrected chi connectivity index (χ2v) is 3.19. The first-order chi connectivity index (χ1) is 4.16. The molecular formula is C7H17NS. The predicted octanol–water partition coefficient (Wildman–Crippen LogP) is 1.85. The van der Waals surface area contributed by atoms with Gasteiger partial charge in [-0.1, -0.05) is 13.8 Å². The molecule has 0 bridgehead atoms. The Morgan fingerprint density at radius 2 is 2.00 bits per heavy atom. The summed E-state index contributed by atoms with van der Waals surface area (Å²) in [6.45, 7) is 5.65. The van der Waals surface area contributed by atoms with Crippen LogP contribution in [0.1, 0.15) is 20.3 Å². The van der Waals surface area contributed by atoms with Crippen molar-refractivity contribution in [1.29, 1.82) is 0 Å². The molecule has 0 heterocycles. The zero-order valence-corrected chi connectivity index (χ0v) is 7.49. The average Bonchev–Trinajstić information content (AvgIpc) is 1.83. The summed E-state index contributed by atoms with van der Waals surface area (Å²) in [7, 11) is 2.09. The molecule has 0 aliphatic rings. The Morgan fingerprint density at radius 1 is 1.44 bits per heavy atom. The van der Waals surface area contributed by atoms with Crippen molar-refractivity contribution in [3.63, 3.8) is 0 Å². The normalized spacial score (nSPS) is 11.3. The highest BCUT2D eigenvalue weighted by molar-refractivity contribution is 7.80. The van der Waals surface area contributed by atoms with Crippen LogP contribution in [0.4, 0.5) is 0 Å². The summed E-state index contributed by atoms with van der Waals surface area (Å²) in [5, 5.41) is 0. The Morgan fingerprint density at radius 3 is 2.33 bits per heavy atom. The summed E-state index contributed by atoms with van der Waals surface area (Å²) in [5.74, 6) is 1.68. The highest BCUT2D eigenvalue weighted by Crippen LogP contribution is 2.00. The third-order valence-corrected chi connectivity index (χ3v) is 1.81. The largest absolute Gasteiger partial charge is 0.297 e. The molecule has 0 N–H and O–H groups in total. The molecule has 9 heavy (non-hydrogen) atoms. The van der Waals surface area contributed by atoms with E-state index in [0.717, 1.165) is 11.8 Å². The van der Waals surface area contributed by atoms with Crippen molar-refractivity contribution in [2.75, 3.05) is 19.5 Å². The fourth-order valence-corrected chi connectivity index (χ4v) is 0.691. The van der Waals surface area contributed by atoms with Gasteiger partial charge in [0, 0.05) is 5.88 Å². The van der Waals surface area contributed by atoms with E-state index in [-0.39, 0.29) is 0 Å². The van der Waals surface area contributed by atoms with E-state index in [1.54, 1.807) is 0 Å². The van der Waals surface area contributed by atoms with E-state index in [4.69, 9.17) is 0 Å². The summed E-state index contributed by atoms with van der Waals surface area (Å²) >= 11 is 4.14. The van der Waals surface area contributed by atoms with E-state index in [0.29, 0.717) is 0 Å². The molecule has 0 saturated heterocycles. The van der Waals surface area contributed by atoms with Crippen molar-refractivity contribution in [3.05, 3.63) is 0 Å². The minimum absolute atomic E-state index is 0.812. The van der Waals surface area contributed by atoms with Crippen LogP contribution in [0.15, 0.2) is 0 Å². The van der Waals surface area contributed by atoms with E-state index in [1.807, 2.05) is 0 Å². The first kappa shape index (κ1) is 9.31. The minimum atomic E-state index is 0.812. The molecule has 0 aromatic heterocycles. The van der Waals surface area contributed by atoms with Gasteiger partial charge in [0.15, 0.2) is 0 Å². The fourth-order valence-electron chi connectivity index (χ4n) is 0.549. The zero-order valence-electron chi connectivity index (χ0n) is 6.59. The Balaban J connectivity index is 3.06. The van der Waals surface area contributed by atoms with Gasteiger partial charge in [-0.3, -0.25) is 4.90 Å². The topological polar surface area (TPSA) is 3.24 Å². The van der Waals surface area contributed by atoms with Crippen LogP contribution in [0.3, 0.4) is 0 Å². The van der Waals surface area contributed by atoms with Crippen molar-refractivity contribution in [2.24, 2.45) is 5.92 Å². The molecule has 56 valence electrons. The Bertz CT molecular complexity index is 63.9. The van der Waals surface area contributed by atoms with E-state index >= 15 is 0 Å². The van der Waals surface area contributed by atoms with Crippen LogP contribution in [0.5, 0.6) is 0 Å². The van der Waals surface area contributed by atoms with Gasteiger partial charge < -0.3 is 0 Å². The molecular weight excluding hydrogens is 130 g/mol. The molecule has 0 aliphatic heterocycles. The van der Waals surface area contributed by atoms with E-state index in [9.17, 15) is 0 Å². The van der Waals surface area contributed by atoms with Crippen molar-refractivity contribution in [1.82, 2.24) is 4.90 Å². The Labute approximate surface area is 63.8 Å². The van der Waals surface area contributed by atoms with E-state index in [1.165, 1.54) is 13.0 Å². The van der Waals surface area contributed by atoms with Crippen LogP contribution < -0.4 is 0 Å². The molecule has 0 unspecified atom stereocenters. The fraction of sp³-hybridized carbons (Fsp3) is 1.00. The molecule has 0 amide bonds. The van der Waals surface area contributed by atoms with Gasteiger partial charge in [-0.2, -0.15) is 12.6 Å². The van der Waals surface area contributed by atoms with Gasteiger partial charge in [-0.25, -0.2) is 0 Å². The van der Waals surface area contributed by atoms with Gasteiger partial charge in [-0.05, 0) is 25.9 Å². The number of nitrogens with zero attached hydrogens (tertiary/aromatic N) is 1. The van der Waals surface area contributed by atoms with Crippen LogP contribution in [-0.2, 0) is 0 Å². The Hall–Kier alpha value is 0.310. The molecule has 0 fully saturated rings. The number of hydrogen-bond acceptors (Lipinski definition) is 2. The lowest BCUT2D eigenvalue weighted by atomic mass is 10.1. The minimum Gasteiger partial charge on any atom is -0.297 e. The molecule has 0 saturated carbocycles. The Kier molecular flexibility index (Phi) is 5.30. The van der Waals surface area contributed by atoms with Crippen molar-refractivity contribution < 1.29 is 0 Å². The first-order valence-corrected chi connectivity index (χ1v) is 4.09. The molecule has 0 aliphatic carbocycles. The van der Waals surface area contributed by atoms with Crippen LogP contribution in [0, 0.1) is 5.92 Å². The zero-order chi connectivity index (χ0) is 7.28. The van der Waals surface area contributed by atoms with Crippen molar-refractivity contribution >= 4 is 12.6 Å². The molecule has 0 aromatic carbocycles. The number of thiol groups is 1. The van der Waals surface area contributed by atoms with Gasteiger partial charge in [0.2, 0.25) is 0 Å². The second kappa shape index (κ2) is 5.12. The van der Waals surface area contributed by atoms with E-state index < -0.39 is 0 Å². The van der Waals surface area contributed by atoms with Gasteiger partial charge in [0.1, 0.15) is 0 Å². The summed E-state index contributed by atoms with van der Waals surface area (Å²) in [5.41, 5.74) is 0. The third-order valence-electron chi connectivity index (χ3n) is 1.33. The van der Waals surface area contributed by atoms with Crippen LogP contribution in [-0.4, -0.2) is 24.4 Å². The second-order valence-electron chi connectivity index (χ2n) is 2.90. The van der Waals surface area contributed by atoms with Crippen LogP contribution >= 0.6 is 12.6 Å². The SMILES string of the molecule is CC(C)CCN(C)CS. The standard InChI is InChI=1S/C7H17NS/c1-7(2)4-5-8(3)6-9/h7,9H,4-6H2,1-3H3. The van der Waals surface area contributed by atoms with Gasteiger partial charge in [0.05, 0.1) is 0 Å². The van der Waals surface area contributed by atoms with Crippen molar-refractivity contribution in [2.45, 2.75) is 20.3 Å². The lowest BCUT2D eigenvalue weighted by Crippen LogP contribution is -2.18. The summed E-state index contributed by atoms with van der Waals surface area (Å²) in [6, 6.07) is 0. The maximum Gasteiger partial charge on any atom is 0.0411 e. The maximum absolute atomic E-state index is 4.14. The molecule has 0 rings (SSSR count). The average molecular weight is 147 g/mol. The van der Waals surface area contributed by atoms with Gasteiger partial charge >= 0.3 is 0 Å². The molecule has 0 atom stereocenters. The number of rotatable bonds is 4. The lowest BCUT2D eigenvalue weighted by Gasteiger charge is -2.13. The number of hydrogen-bond donors (Lipinski definition) is 1. The summed E-state index contributed by atoms with van der Waals surface area (Å²) < 4.78 is 0. The van der Waals surface area contributed by atoms with E-state index in [2.05, 4.69) is 38.4 Å². The third kappa shape index (κ3) is 6.19. The highest BCUT2D eigenvalue weighted by atomic mass is 32.1. The maximum atomic E-state index is 4.14. The summed E-state index contributed by atoms with van der Waals surface area (Å²) in [6.07, 6.45) is 1.27. The predicted molar refractivity (Wildman–Crippen MR) is 45.9 cm³/mol. The lowest BCUT2D eigenvalue weighted by molar-refractivity contribution is 0.358. The van der Waals surface area contributed by atoms with Crippen molar-refractivity contribution in [3.8, 4) is 0 Å². The van der Waals surface area contributed by atoms with Crippen LogP contribution in [0.2, 0.25) is 0 Å². The molecule has 0 spiro atoms. The van der Waals surface area contributed by atoms with Crippen LogP contribution in [0.25, 0.3) is 0 Å². The molecule has 0 aromatic rings. The molecule has 1 nitrogen and oxygen atoms in total. The van der Waals surface area contributed by atoms with Gasteiger partial charge in [0.25, 0.3) is 0 Å². The first-order valence-electron chi connectivity index (χ1n) is 3.46.